The Balaban J connectivity index is 1.73. The molecule has 0 radical (unpaired) electrons. The number of carboxylic acids is 1. The molecular formula is C11H16N2O4. The molecule has 0 spiro atoms. The summed E-state index contributed by atoms with van der Waals surface area (Å²) in [5.74, 6) is 0.265. The van der Waals surface area contributed by atoms with Crippen LogP contribution in [0.3, 0.4) is 0 Å². The summed E-state index contributed by atoms with van der Waals surface area (Å²) in [5.41, 5.74) is 0.867. The summed E-state index contributed by atoms with van der Waals surface area (Å²) in [6.07, 6.45) is 0.254. The molecule has 2 rings (SSSR count). The number of nitrogens with zero attached hydrogens (tertiary/aromatic N) is 2. The largest absolute Gasteiger partial charge is 0.481 e. The van der Waals surface area contributed by atoms with Gasteiger partial charge in [-0.15, -0.1) is 0 Å². The Kier molecular flexibility index (Phi) is 3.75. The molecule has 94 valence electrons. The molecule has 1 aliphatic heterocycles. The van der Waals surface area contributed by atoms with E-state index < -0.39 is 5.97 Å². The summed E-state index contributed by atoms with van der Waals surface area (Å²) in [4.78, 5) is 12.6. The molecule has 1 aromatic rings. The lowest BCUT2D eigenvalue weighted by atomic mass is 9.96. The van der Waals surface area contributed by atoms with E-state index in [1.165, 1.54) is 0 Å². The number of hydrogen-bond donors (Lipinski definition) is 1. The first-order valence-electron chi connectivity index (χ1n) is 5.55. The standard InChI is InChI=1S/C11H16N2O4/c1-16-7-10-3-9(12-17-10)6-13-4-8(5-13)2-11(14)15/h3,8H,2,4-7H2,1H3,(H,14,15). The maximum atomic E-state index is 10.5. The van der Waals surface area contributed by atoms with E-state index in [9.17, 15) is 4.79 Å². The van der Waals surface area contributed by atoms with Crippen molar-refractivity contribution in [2.75, 3.05) is 20.2 Å². The molecule has 0 saturated carbocycles. The van der Waals surface area contributed by atoms with Crippen molar-refractivity contribution < 1.29 is 19.2 Å². The van der Waals surface area contributed by atoms with Crippen LogP contribution in [0.25, 0.3) is 0 Å². The Bertz CT molecular complexity index is 385. The molecule has 0 aliphatic carbocycles. The lowest BCUT2D eigenvalue weighted by molar-refractivity contribution is -0.139. The maximum Gasteiger partial charge on any atom is 0.303 e. The predicted molar refractivity (Wildman–Crippen MR) is 58.2 cm³/mol. The number of rotatable bonds is 6. The van der Waals surface area contributed by atoms with Gasteiger partial charge >= 0.3 is 5.97 Å². The second-order valence-electron chi connectivity index (χ2n) is 4.38. The zero-order valence-electron chi connectivity index (χ0n) is 9.76. The van der Waals surface area contributed by atoms with E-state index in [4.69, 9.17) is 14.4 Å². The Morgan fingerprint density at radius 3 is 3.12 bits per heavy atom. The Morgan fingerprint density at radius 2 is 2.47 bits per heavy atom. The summed E-state index contributed by atoms with van der Waals surface area (Å²) >= 11 is 0. The van der Waals surface area contributed by atoms with E-state index >= 15 is 0 Å². The van der Waals surface area contributed by atoms with Crippen LogP contribution in [0, 0.1) is 5.92 Å². The van der Waals surface area contributed by atoms with Crippen LogP contribution >= 0.6 is 0 Å². The Morgan fingerprint density at radius 1 is 1.71 bits per heavy atom. The van der Waals surface area contributed by atoms with Crippen LogP contribution in [0.15, 0.2) is 10.6 Å². The van der Waals surface area contributed by atoms with E-state index in [-0.39, 0.29) is 12.3 Å². The number of carbonyl (C=O) groups is 1. The van der Waals surface area contributed by atoms with E-state index in [0.29, 0.717) is 18.9 Å². The average molecular weight is 240 g/mol. The number of aromatic nitrogens is 1. The quantitative estimate of drug-likeness (QED) is 0.790. The molecule has 1 fully saturated rings. The topological polar surface area (TPSA) is 75.8 Å². The minimum atomic E-state index is -0.724. The van der Waals surface area contributed by atoms with E-state index in [1.807, 2.05) is 6.07 Å². The van der Waals surface area contributed by atoms with E-state index in [0.717, 1.165) is 18.8 Å². The van der Waals surface area contributed by atoms with Crippen LogP contribution in [0.1, 0.15) is 17.9 Å². The van der Waals surface area contributed by atoms with Crippen LogP contribution in [-0.4, -0.2) is 41.3 Å². The summed E-state index contributed by atoms with van der Waals surface area (Å²) in [6, 6.07) is 1.87. The van der Waals surface area contributed by atoms with E-state index in [2.05, 4.69) is 10.1 Å². The molecule has 0 atom stereocenters. The molecule has 0 amide bonds. The van der Waals surface area contributed by atoms with Gasteiger partial charge in [-0.2, -0.15) is 0 Å². The van der Waals surface area contributed by atoms with Gasteiger partial charge in [0, 0.05) is 32.8 Å². The summed E-state index contributed by atoms with van der Waals surface area (Å²) in [7, 11) is 1.61. The van der Waals surface area contributed by atoms with Crippen LogP contribution < -0.4 is 0 Å². The SMILES string of the molecule is COCc1cc(CN2CC(CC(=O)O)C2)no1. The van der Waals surface area contributed by atoms with Gasteiger partial charge < -0.3 is 14.4 Å². The van der Waals surface area contributed by atoms with Gasteiger partial charge in [0.25, 0.3) is 0 Å². The molecule has 1 aliphatic rings. The van der Waals surface area contributed by atoms with Crippen molar-refractivity contribution in [3.05, 3.63) is 17.5 Å². The third kappa shape index (κ3) is 3.28. The van der Waals surface area contributed by atoms with Crippen LogP contribution in [0.2, 0.25) is 0 Å². The maximum absolute atomic E-state index is 10.5. The van der Waals surface area contributed by atoms with Crippen LogP contribution in [0.5, 0.6) is 0 Å². The molecule has 2 heterocycles. The number of carboxylic acid groups (broad SMARTS) is 1. The highest BCUT2D eigenvalue weighted by molar-refractivity contribution is 5.67. The van der Waals surface area contributed by atoms with Gasteiger partial charge in [0.2, 0.25) is 0 Å². The van der Waals surface area contributed by atoms with Crippen LogP contribution in [0.4, 0.5) is 0 Å². The zero-order chi connectivity index (χ0) is 12.3. The first kappa shape index (κ1) is 12.1. The Hall–Kier alpha value is -1.40. The minimum absolute atomic E-state index is 0.254. The van der Waals surface area contributed by atoms with Crippen molar-refractivity contribution in [2.45, 2.75) is 19.6 Å². The fraction of sp³-hybridized carbons (Fsp3) is 0.636. The number of methoxy groups -OCH3 is 1. The van der Waals surface area contributed by atoms with Gasteiger partial charge in [-0.05, 0) is 5.92 Å². The summed E-state index contributed by atoms with van der Waals surface area (Å²) in [6.45, 7) is 2.77. The van der Waals surface area contributed by atoms with Crippen molar-refractivity contribution in [2.24, 2.45) is 5.92 Å². The average Bonchev–Trinajstić information content (AvgIpc) is 2.62. The van der Waals surface area contributed by atoms with Crippen molar-refractivity contribution in [1.29, 1.82) is 0 Å². The zero-order valence-corrected chi connectivity index (χ0v) is 9.76. The molecule has 0 unspecified atom stereocenters. The van der Waals surface area contributed by atoms with Gasteiger partial charge in [0.1, 0.15) is 6.61 Å². The van der Waals surface area contributed by atoms with E-state index in [1.54, 1.807) is 7.11 Å². The first-order valence-corrected chi connectivity index (χ1v) is 5.55. The molecule has 0 bridgehead atoms. The molecular weight excluding hydrogens is 224 g/mol. The van der Waals surface area contributed by atoms with Crippen LogP contribution in [-0.2, 0) is 22.7 Å². The molecule has 1 saturated heterocycles. The number of hydrogen-bond acceptors (Lipinski definition) is 5. The van der Waals surface area contributed by atoms with Crippen molar-refractivity contribution in [3.63, 3.8) is 0 Å². The second-order valence-corrected chi connectivity index (χ2v) is 4.38. The van der Waals surface area contributed by atoms with Gasteiger partial charge in [0.05, 0.1) is 12.1 Å². The summed E-state index contributed by atoms with van der Waals surface area (Å²) in [5, 5.41) is 12.6. The molecule has 6 heteroatoms. The lowest BCUT2D eigenvalue weighted by Gasteiger charge is -2.37. The molecule has 17 heavy (non-hydrogen) atoms. The predicted octanol–water partition coefficient (Wildman–Crippen LogP) is 0.728. The Labute approximate surface area is 99.1 Å². The monoisotopic (exact) mass is 240 g/mol. The normalized spacial score (nSPS) is 17.0. The number of likely N-dealkylation sites (tertiary alicyclic amines) is 1. The highest BCUT2D eigenvalue weighted by atomic mass is 16.5. The van der Waals surface area contributed by atoms with Crippen molar-refractivity contribution in [1.82, 2.24) is 10.1 Å². The van der Waals surface area contributed by atoms with Gasteiger partial charge in [-0.3, -0.25) is 9.69 Å². The molecule has 6 nitrogen and oxygen atoms in total. The highest BCUT2D eigenvalue weighted by Gasteiger charge is 2.28. The van der Waals surface area contributed by atoms with Gasteiger partial charge in [-0.1, -0.05) is 5.16 Å². The fourth-order valence-electron chi connectivity index (χ4n) is 2.05. The van der Waals surface area contributed by atoms with Crippen molar-refractivity contribution in [3.8, 4) is 0 Å². The lowest BCUT2D eigenvalue weighted by Crippen LogP contribution is -2.46. The second kappa shape index (κ2) is 5.29. The smallest absolute Gasteiger partial charge is 0.303 e. The number of ether oxygens (including phenoxy) is 1. The molecule has 1 aromatic heterocycles. The number of aliphatic carboxylic acids is 1. The third-order valence-electron chi connectivity index (χ3n) is 2.78. The van der Waals surface area contributed by atoms with Crippen molar-refractivity contribution >= 4 is 5.97 Å². The fourth-order valence-corrected chi connectivity index (χ4v) is 2.05. The third-order valence-corrected chi connectivity index (χ3v) is 2.78. The molecule has 1 N–H and O–H groups in total. The minimum Gasteiger partial charge on any atom is -0.481 e. The van der Waals surface area contributed by atoms with Gasteiger partial charge in [-0.25, -0.2) is 0 Å². The van der Waals surface area contributed by atoms with Gasteiger partial charge in [0.15, 0.2) is 5.76 Å². The summed E-state index contributed by atoms with van der Waals surface area (Å²) < 4.78 is 10.0. The highest BCUT2D eigenvalue weighted by Crippen LogP contribution is 2.21. The molecule has 0 aromatic carbocycles. The first-order chi connectivity index (χ1) is 8.17.